The van der Waals surface area contributed by atoms with Crippen LogP contribution < -0.4 is 5.32 Å². The molecule has 18 heavy (non-hydrogen) atoms. The Morgan fingerprint density at radius 1 is 1.28 bits per heavy atom. The van der Waals surface area contributed by atoms with Gasteiger partial charge in [-0.1, -0.05) is 29.8 Å². The Morgan fingerprint density at radius 3 is 2.44 bits per heavy atom. The highest BCUT2D eigenvalue weighted by Crippen LogP contribution is 2.09. The van der Waals surface area contributed by atoms with Crippen molar-refractivity contribution in [3.8, 4) is 0 Å². The van der Waals surface area contributed by atoms with E-state index in [4.69, 9.17) is 5.11 Å². The van der Waals surface area contributed by atoms with Gasteiger partial charge >= 0.3 is 6.09 Å². The molecule has 0 aliphatic heterocycles. The molecule has 100 valence electrons. The Balaban J connectivity index is 2.44. The summed E-state index contributed by atoms with van der Waals surface area (Å²) in [5, 5.41) is 10.5. The molecule has 0 aromatic heterocycles. The van der Waals surface area contributed by atoms with Gasteiger partial charge in [0.15, 0.2) is 9.84 Å². The highest BCUT2D eigenvalue weighted by molar-refractivity contribution is 7.90. The lowest BCUT2D eigenvalue weighted by molar-refractivity contribution is 0.194. The van der Waals surface area contributed by atoms with E-state index >= 15 is 0 Å². The summed E-state index contributed by atoms with van der Waals surface area (Å²) in [5.41, 5.74) is 1.84. The summed E-state index contributed by atoms with van der Waals surface area (Å²) in [6.07, 6.45) is -0.841. The second-order valence-electron chi connectivity index (χ2n) is 4.16. The zero-order valence-corrected chi connectivity index (χ0v) is 11.0. The lowest BCUT2D eigenvalue weighted by atomic mass is 10.2. The Kier molecular flexibility index (Phi) is 5.15. The molecule has 1 amide bonds. The van der Waals surface area contributed by atoms with Crippen LogP contribution in [0.1, 0.15) is 17.5 Å². The van der Waals surface area contributed by atoms with E-state index in [9.17, 15) is 13.2 Å². The molecule has 0 spiro atoms. The molecule has 5 nitrogen and oxygen atoms in total. The largest absolute Gasteiger partial charge is 0.465 e. The maximum Gasteiger partial charge on any atom is 0.404 e. The molecule has 1 rings (SSSR count). The summed E-state index contributed by atoms with van der Waals surface area (Å²) < 4.78 is 23.5. The number of carbonyl (C=O) groups is 1. The third-order valence-electron chi connectivity index (χ3n) is 2.42. The third-order valence-corrected chi connectivity index (χ3v) is 4.10. The fraction of sp³-hybridized carbons (Fsp3) is 0.417. The summed E-state index contributed by atoms with van der Waals surface area (Å²) >= 11 is 0. The summed E-state index contributed by atoms with van der Waals surface area (Å²) in [6, 6.07) is 7.33. The lowest BCUT2D eigenvalue weighted by Crippen LogP contribution is -2.24. The van der Waals surface area contributed by atoms with Crippen LogP contribution in [-0.4, -0.2) is 31.9 Å². The molecule has 1 aromatic rings. The molecule has 0 heterocycles. The van der Waals surface area contributed by atoms with Crippen LogP contribution in [0, 0.1) is 6.92 Å². The molecular weight excluding hydrogens is 254 g/mol. The minimum Gasteiger partial charge on any atom is -0.465 e. The number of carboxylic acid groups (broad SMARTS) is 1. The second-order valence-corrected chi connectivity index (χ2v) is 6.35. The number of sulfone groups is 1. The molecule has 0 atom stereocenters. The summed E-state index contributed by atoms with van der Waals surface area (Å²) in [6.45, 7) is 2.10. The number of nitrogens with one attached hydrogen (secondary N) is 1. The molecule has 0 saturated carbocycles. The van der Waals surface area contributed by atoms with Gasteiger partial charge in [-0.3, -0.25) is 0 Å². The number of aryl methyl sites for hydroxylation is 1. The van der Waals surface area contributed by atoms with Crippen molar-refractivity contribution in [1.82, 2.24) is 5.32 Å². The van der Waals surface area contributed by atoms with Crippen molar-refractivity contribution >= 4 is 15.9 Å². The van der Waals surface area contributed by atoms with Crippen molar-refractivity contribution in [3.63, 3.8) is 0 Å². The van der Waals surface area contributed by atoms with Crippen LogP contribution in [-0.2, 0) is 15.6 Å². The quantitative estimate of drug-likeness (QED) is 0.769. The van der Waals surface area contributed by atoms with Crippen molar-refractivity contribution in [1.29, 1.82) is 0 Å². The number of amides is 1. The summed E-state index contributed by atoms with van der Waals surface area (Å²) in [5.74, 6) is -0.0124. The van der Waals surface area contributed by atoms with Crippen molar-refractivity contribution in [2.45, 2.75) is 19.1 Å². The first kappa shape index (κ1) is 14.5. The van der Waals surface area contributed by atoms with Crippen molar-refractivity contribution < 1.29 is 18.3 Å². The van der Waals surface area contributed by atoms with E-state index in [1.807, 2.05) is 19.1 Å². The number of hydrogen-bond acceptors (Lipinski definition) is 3. The van der Waals surface area contributed by atoms with E-state index in [0.717, 1.165) is 11.1 Å². The third kappa shape index (κ3) is 5.67. The standard InChI is InChI=1S/C12H17NO4S/c1-10-3-5-11(6-4-10)9-18(16,17)8-2-7-13-12(14)15/h3-6,13H,2,7-9H2,1H3,(H,14,15). The van der Waals surface area contributed by atoms with Crippen LogP contribution in [0.2, 0.25) is 0 Å². The molecule has 0 aliphatic carbocycles. The average Bonchev–Trinajstić information content (AvgIpc) is 2.27. The first-order valence-electron chi connectivity index (χ1n) is 5.62. The number of rotatable bonds is 6. The van der Waals surface area contributed by atoms with Gasteiger partial charge in [-0.15, -0.1) is 0 Å². The fourth-order valence-corrected chi connectivity index (χ4v) is 2.93. The molecule has 0 radical (unpaired) electrons. The van der Waals surface area contributed by atoms with Gasteiger partial charge in [0.25, 0.3) is 0 Å². The minimum atomic E-state index is -3.18. The molecule has 0 saturated heterocycles. The van der Waals surface area contributed by atoms with Crippen LogP contribution in [0.25, 0.3) is 0 Å². The SMILES string of the molecule is Cc1ccc(CS(=O)(=O)CCCNC(=O)O)cc1. The summed E-state index contributed by atoms with van der Waals surface area (Å²) in [4.78, 5) is 10.2. The fourth-order valence-electron chi connectivity index (χ4n) is 1.50. The van der Waals surface area contributed by atoms with Crippen LogP contribution in [0.4, 0.5) is 4.79 Å². The molecule has 1 aromatic carbocycles. The van der Waals surface area contributed by atoms with Gasteiger partial charge in [0.2, 0.25) is 0 Å². The Bertz CT molecular complexity index is 493. The van der Waals surface area contributed by atoms with Crippen molar-refractivity contribution in [3.05, 3.63) is 35.4 Å². The summed E-state index contributed by atoms with van der Waals surface area (Å²) in [7, 11) is -3.18. The maximum absolute atomic E-state index is 11.8. The first-order chi connectivity index (χ1) is 8.39. The van der Waals surface area contributed by atoms with Gasteiger partial charge in [0.1, 0.15) is 0 Å². The van der Waals surface area contributed by atoms with E-state index in [-0.39, 0.29) is 18.1 Å². The molecule has 0 fully saturated rings. The molecule has 0 bridgehead atoms. The zero-order chi connectivity index (χ0) is 13.6. The van der Waals surface area contributed by atoms with Crippen molar-refractivity contribution in [2.75, 3.05) is 12.3 Å². The Morgan fingerprint density at radius 2 is 1.89 bits per heavy atom. The van der Waals surface area contributed by atoms with Gasteiger partial charge < -0.3 is 10.4 Å². The van der Waals surface area contributed by atoms with Crippen LogP contribution in [0.15, 0.2) is 24.3 Å². The molecule has 0 aliphatic rings. The van der Waals surface area contributed by atoms with Crippen LogP contribution >= 0.6 is 0 Å². The monoisotopic (exact) mass is 271 g/mol. The van der Waals surface area contributed by atoms with Gasteiger partial charge in [0.05, 0.1) is 11.5 Å². The van der Waals surface area contributed by atoms with E-state index in [1.54, 1.807) is 12.1 Å². The minimum absolute atomic E-state index is 0.000349. The highest BCUT2D eigenvalue weighted by atomic mass is 32.2. The number of benzene rings is 1. The van der Waals surface area contributed by atoms with E-state index in [2.05, 4.69) is 5.32 Å². The average molecular weight is 271 g/mol. The van der Waals surface area contributed by atoms with Crippen LogP contribution in [0.5, 0.6) is 0 Å². The second kappa shape index (κ2) is 6.39. The highest BCUT2D eigenvalue weighted by Gasteiger charge is 2.11. The maximum atomic E-state index is 11.8. The predicted octanol–water partition coefficient (Wildman–Crippen LogP) is 1.57. The smallest absolute Gasteiger partial charge is 0.404 e. The van der Waals surface area contributed by atoms with Crippen LogP contribution in [0.3, 0.4) is 0 Å². The zero-order valence-electron chi connectivity index (χ0n) is 10.2. The Labute approximate surface area is 107 Å². The molecule has 0 unspecified atom stereocenters. The topological polar surface area (TPSA) is 83.5 Å². The lowest BCUT2D eigenvalue weighted by Gasteiger charge is -2.05. The molecule has 6 heteroatoms. The van der Waals surface area contributed by atoms with E-state index in [0.29, 0.717) is 6.42 Å². The normalized spacial score (nSPS) is 11.2. The van der Waals surface area contributed by atoms with Gasteiger partial charge in [-0.25, -0.2) is 13.2 Å². The Hall–Kier alpha value is -1.56. The van der Waals surface area contributed by atoms with Gasteiger partial charge in [0, 0.05) is 6.54 Å². The number of hydrogen-bond donors (Lipinski definition) is 2. The molecular formula is C12H17NO4S. The predicted molar refractivity (Wildman–Crippen MR) is 69.3 cm³/mol. The van der Waals surface area contributed by atoms with E-state index < -0.39 is 15.9 Å². The van der Waals surface area contributed by atoms with E-state index in [1.165, 1.54) is 0 Å². The van der Waals surface area contributed by atoms with Crippen molar-refractivity contribution in [2.24, 2.45) is 0 Å². The van der Waals surface area contributed by atoms with Gasteiger partial charge in [-0.05, 0) is 18.9 Å². The molecule has 2 N–H and O–H groups in total. The first-order valence-corrected chi connectivity index (χ1v) is 7.44. The van der Waals surface area contributed by atoms with Gasteiger partial charge in [-0.2, -0.15) is 0 Å².